The van der Waals surface area contributed by atoms with Crippen molar-refractivity contribution in [1.29, 1.82) is 0 Å². The summed E-state index contributed by atoms with van der Waals surface area (Å²) in [6.07, 6.45) is 43.1. The van der Waals surface area contributed by atoms with E-state index < -0.39 is 0 Å². The van der Waals surface area contributed by atoms with Gasteiger partial charge in [-0.15, -0.1) is 0 Å². The monoisotopic (exact) mass is 551 g/mol. The second-order valence-corrected chi connectivity index (χ2v) is 12.2. The van der Waals surface area contributed by atoms with E-state index in [9.17, 15) is 0 Å². The molecule has 0 bridgehead atoms. The number of hydrogen-bond acceptors (Lipinski definition) is 0. The van der Waals surface area contributed by atoms with Gasteiger partial charge in [-0.05, 0) is 0 Å². The van der Waals surface area contributed by atoms with Gasteiger partial charge < -0.3 is 19.3 Å². The molecule has 0 unspecified atom stereocenters. The molecule has 0 aromatic rings. The van der Waals surface area contributed by atoms with Crippen molar-refractivity contribution in [2.75, 3.05) is 0 Å². The minimum Gasteiger partial charge on any atom is -1.00 e. The zero-order valence-corrected chi connectivity index (χ0v) is 28.7. The Morgan fingerprint density at radius 2 is 0.486 bits per heavy atom. The first-order valence-corrected chi connectivity index (χ1v) is 17.0. The van der Waals surface area contributed by atoms with Gasteiger partial charge >= 0.3 is 23.1 Å². The van der Waals surface area contributed by atoms with Gasteiger partial charge in [-0.25, -0.2) is 0 Å². The van der Waals surface area contributed by atoms with Crippen LogP contribution in [0.4, 0.5) is 0 Å². The Labute approximate surface area is 260 Å². The van der Waals surface area contributed by atoms with Crippen molar-refractivity contribution in [3.8, 4) is 0 Å². The Morgan fingerprint density at radius 3 is 0.676 bits per heavy atom. The van der Waals surface area contributed by atoms with E-state index >= 15 is 0 Å². The fourth-order valence-corrected chi connectivity index (χ4v) is 5.81. The molecular weight excluding hydrogens is 480 g/mol. The first kappa shape index (κ1) is 42.5. The van der Waals surface area contributed by atoms with E-state index in [2.05, 4.69) is 20.8 Å². The first-order valence-electron chi connectivity index (χ1n) is 17.0. The van der Waals surface area contributed by atoms with E-state index in [1.54, 1.807) is 0 Å². The van der Waals surface area contributed by atoms with Crippen molar-refractivity contribution in [3.63, 3.8) is 0 Å². The van der Waals surface area contributed by atoms with Crippen molar-refractivity contribution >= 4 is 23.1 Å². The average Bonchev–Trinajstić information content (AvgIpc) is 2.86. The fraction of sp³-hybridized carbons (Fsp3) is 0.971. The molecule has 0 aliphatic carbocycles. The summed E-state index contributed by atoms with van der Waals surface area (Å²) in [4.78, 5) is 0. The molecule has 0 saturated carbocycles. The standard InChI is InChI=1S/C35H71.ClH.Mg/c1-5-8-11-14-17-20-23-26-29-32-35(4,33-30-27-24-21-18-15-12-9-6-2)34-31-28-25-22-19-16-13-10-7-3;;/h4-34H2,1-3H3;1H;/q-1;;+2/p-1. The fourth-order valence-electron chi connectivity index (χ4n) is 5.81. The van der Waals surface area contributed by atoms with Crippen LogP contribution in [0.1, 0.15) is 213 Å². The molecule has 220 valence electrons. The third-order valence-electron chi connectivity index (χ3n) is 8.43. The zero-order chi connectivity index (χ0) is 25.7. The summed E-state index contributed by atoms with van der Waals surface area (Å²) in [5.41, 5.74) is 0.378. The molecule has 0 aromatic heterocycles. The Balaban J connectivity index is -0.00000578. The molecule has 0 aliphatic rings. The summed E-state index contributed by atoms with van der Waals surface area (Å²) in [5, 5.41) is 0. The minimum atomic E-state index is 0. The largest absolute Gasteiger partial charge is 2.00 e. The van der Waals surface area contributed by atoms with Gasteiger partial charge in [-0.1, -0.05) is 213 Å². The van der Waals surface area contributed by atoms with Crippen LogP contribution in [0.15, 0.2) is 0 Å². The van der Waals surface area contributed by atoms with Crippen LogP contribution in [0.5, 0.6) is 0 Å². The van der Waals surface area contributed by atoms with Crippen LogP contribution in [0.2, 0.25) is 0 Å². The van der Waals surface area contributed by atoms with Crippen molar-refractivity contribution in [1.82, 2.24) is 0 Å². The maximum Gasteiger partial charge on any atom is 2.00 e. The van der Waals surface area contributed by atoms with Crippen molar-refractivity contribution < 1.29 is 12.4 Å². The summed E-state index contributed by atoms with van der Waals surface area (Å²) in [5.74, 6) is 0. The molecule has 0 aliphatic heterocycles. The summed E-state index contributed by atoms with van der Waals surface area (Å²) in [6.45, 7) is 11.8. The van der Waals surface area contributed by atoms with Gasteiger partial charge in [0.2, 0.25) is 0 Å². The van der Waals surface area contributed by atoms with Crippen molar-refractivity contribution in [3.05, 3.63) is 6.92 Å². The Hall–Kier alpha value is 1.06. The van der Waals surface area contributed by atoms with Gasteiger partial charge in [0.05, 0.1) is 0 Å². The van der Waals surface area contributed by atoms with Crippen molar-refractivity contribution in [2.24, 2.45) is 5.41 Å². The quantitative estimate of drug-likeness (QED) is 0.0473. The van der Waals surface area contributed by atoms with E-state index in [4.69, 9.17) is 6.92 Å². The molecule has 0 rings (SSSR count). The van der Waals surface area contributed by atoms with E-state index in [1.165, 1.54) is 193 Å². The smallest absolute Gasteiger partial charge is 1.00 e. The molecule has 0 amide bonds. The van der Waals surface area contributed by atoms with E-state index in [0.29, 0.717) is 5.41 Å². The number of unbranched alkanes of at least 4 members (excludes halogenated alkanes) is 24. The molecule has 0 nitrogen and oxygen atoms in total. The maximum atomic E-state index is 4.87. The normalized spacial score (nSPS) is 11.4. The first-order chi connectivity index (χ1) is 17.2. The molecule has 0 saturated heterocycles. The molecule has 0 heterocycles. The molecule has 37 heavy (non-hydrogen) atoms. The molecular formula is C35H71ClMg. The summed E-state index contributed by atoms with van der Waals surface area (Å²) < 4.78 is 0. The Bertz CT molecular complexity index is 328. The topological polar surface area (TPSA) is 0 Å². The Kier molecular flexibility index (Phi) is 40.3. The van der Waals surface area contributed by atoms with Gasteiger partial charge in [0.25, 0.3) is 0 Å². The van der Waals surface area contributed by atoms with Gasteiger partial charge in [-0.2, -0.15) is 5.41 Å². The Morgan fingerprint density at radius 1 is 0.324 bits per heavy atom. The second kappa shape index (κ2) is 35.1. The molecule has 0 fully saturated rings. The molecule has 0 spiro atoms. The van der Waals surface area contributed by atoms with Gasteiger partial charge in [0.15, 0.2) is 0 Å². The molecule has 0 radical (unpaired) electrons. The van der Waals surface area contributed by atoms with E-state index in [0.717, 1.165) is 0 Å². The molecule has 0 aromatic carbocycles. The van der Waals surface area contributed by atoms with Crippen LogP contribution < -0.4 is 12.4 Å². The van der Waals surface area contributed by atoms with Crippen molar-refractivity contribution in [2.45, 2.75) is 213 Å². The number of hydrogen-bond donors (Lipinski definition) is 0. The van der Waals surface area contributed by atoms with Crippen LogP contribution in [0.25, 0.3) is 0 Å². The maximum absolute atomic E-state index is 4.87. The van der Waals surface area contributed by atoms with Gasteiger partial charge in [-0.3, -0.25) is 0 Å². The average molecular weight is 552 g/mol. The summed E-state index contributed by atoms with van der Waals surface area (Å²) in [6, 6.07) is 0. The number of halogens is 1. The molecule has 2 heteroatoms. The van der Waals surface area contributed by atoms with Crippen LogP contribution in [-0.4, -0.2) is 23.1 Å². The predicted octanol–water partition coefficient (Wildman–Crippen LogP) is 10.2. The predicted molar refractivity (Wildman–Crippen MR) is 169 cm³/mol. The minimum absolute atomic E-state index is 0. The zero-order valence-electron chi connectivity index (χ0n) is 26.5. The number of rotatable bonds is 30. The van der Waals surface area contributed by atoms with Crippen LogP contribution >= 0.6 is 0 Å². The van der Waals surface area contributed by atoms with Gasteiger partial charge in [0.1, 0.15) is 0 Å². The van der Waals surface area contributed by atoms with Gasteiger partial charge in [0, 0.05) is 0 Å². The molecule has 0 N–H and O–H groups in total. The SMILES string of the molecule is [CH2-]C(CCCCCCCCCCC)(CCCCCCCCCCC)CCCCCCCCCCC.[Cl-].[Mg+2]. The third-order valence-corrected chi connectivity index (χ3v) is 8.43. The summed E-state index contributed by atoms with van der Waals surface area (Å²) >= 11 is 0. The van der Waals surface area contributed by atoms with E-state index in [-0.39, 0.29) is 35.5 Å². The van der Waals surface area contributed by atoms with Crippen LogP contribution in [0.3, 0.4) is 0 Å². The van der Waals surface area contributed by atoms with Crippen LogP contribution in [-0.2, 0) is 0 Å². The second-order valence-electron chi connectivity index (χ2n) is 12.2. The third kappa shape index (κ3) is 33.2. The summed E-state index contributed by atoms with van der Waals surface area (Å²) in [7, 11) is 0. The van der Waals surface area contributed by atoms with E-state index in [1.807, 2.05) is 0 Å². The van der Waals surface area contributed by atoms with Crippen LogP contribution in [0, 0.1) is 12.3 Å². The molecule has 0 atom stereocenters.